The van der Waals surface area contributed by atoms with Crippen LogP contribution in [0.1, 0.15) is 13.8 Å². The summed E-state index contributed by atoms with van der Waals surface area (Å²) < 4.78 is 11.1. The van der Waals surface area contributed by atoms with Gasteiger partial charge in [0.25, 0.3) is 0 Å². The largest absolute Gasteiger partial charge is 0.322 e. The third kappa shape index (κ3) is 9.77. The average molecular weight is 470 g/mol. The summed E-state index contributed by atoms with van der Waals surface area (Å²) in [5, 5.41) is 2.08. The van der Waals surface area contributed by atoms with Crippen LogP contribution in [-0.2, 0) is 37.3 Å². The molecule has 21 heavy (non-hydrogen) atoms. The van der Waals surface area contributed by atoms with Crippen LogP contribution in [0.15, 0.2) is 23.1 Å². The Balaban J connectivity index is 0. The first kappa shape index (κ1) is 25.2. The summed E-state index contributed by atoms with van der Waals surface area (Å²) in [6.07, 6.45) is 0. The Kier molecular flexibility index (Phi) is 16.0. The van der Waals surface area contributed by atoms with E-state index in [1.165, 1.54) is 11.4 Å². The molecule has 0 fully saturated rings. The molecule has 0 aliphatic rings. The second-order valence-electron chi connectivity index (χ2n) is 3.25. The van der Waals surface area contributed by atoms with Gasteiger partial charge in [-0.15, -0.1) is 11.8 Å². The second-order valence-corrected chi connectivity index (χ2v) is 11.8. The monoisotopic (exact) mass is 468 g/mol. The topological polar surface area (TPSA) is 18.5 Å². The van der Waals surface area contributed by atoms with Crippen molar-refractivity contribution in [1.29, 1.82) is 0 Å². The molecule has 1 aromatic rings. The van der Waals surface area contributed by atoms with Gasteiger partial charge in [0.1, 0.15) is 0 Å². The Bertz CT molecular complexity index is 459. The molecule has 1 atom stereocenters. The summed E-state index contributed by atoms with van der Waals surface area (Å²) in [5.74, 6) is 0. The van der Waals surface area contributed by atoms with Crippen LogP contribution in [0.25, 0.3) is 0 Å². The summed E-state index contributed by atoms with van der Waals surface area (Å²) >= 11 is 20.6. The molecule has 0 aliphatic heterocycles. The van der Waals surface area contributed by atoms with Gasteiger partial charge >= 0.3 is 0 Å². The second kappa shape index (κ2) is 13.3. The molecule has 10 heteroatoms. The Hall–Kier alpha value is 1.99. The van der Waals surface area contributed by atoms with Crippen LogP contribution < -0.4 is 0 Å². The fraction of sp³-hybridized carbons (Fsp3) is 0.455. The number of hydrogen-bond acceptors (Lipinski definition) is 5. The van der Waals surface area contributed by atoms with E-state index >= 15 is 0 Å². The summed E-state index contributed by atoms with van der Waals surface area (Å²) in [6, 6.07) is 5.41. The maximum atomic E-state index is 6.10. The van der Waals surface area contributed by atoms with Crippen LogP contribution in [0.5, 0.6) is 0 Å². The van der Waals surface area contributed by atoms with Gasteiger partial charge in [-0.05, 0) is 43.9 Å². The van der Waals surface area contributed by atoms with Gasteiger partial charge in [-0.1, -0.05) is 34.6 Å². The maximum Gasteiger partial charge on any atom is 0.248 e. The first-order chi connectivity index (χ1) is 9.00. The molecule has 0 N–H and O–H groups in total. The first-order valence-corrected chi connectivity index (χ1v) is 11.6. The van der Waals surface area contributed by atoms with Crippen molar-refractivity contribution in [3.63, 3.8) is 0 Å². The minimum Gasteiger partial charge on any atom is -0.322 e. The van der Waals surface area contributed by atoms with E-state index in [0.717, 1.165) is 9.98 Å². The van der Waals surface area contributed by atoms with E-state index in [0.29, 0.717) is 23.3 Å². The molecule has 0 aliphatic carbocycles. The quantitative estimate of drug-likeness (QED) is 0.197. The van der Waals surface area contributed by atoms with E-state index < -0.39 is 5.69 Å². The third-order valence-electron chi connectivity index (χ3n) is 1.89. The van der Waals surface area contributed by atoms with Crippen LogP contribution in [0.2, 0.25) is 10.0 Å². The molecule has 0 amide bonds. The van der Waals surface area contributed by atoms with E-state index in [-0.39, 0.29) is 26.4 Å². The predicted octanol–water partition coefficient (Wildman–Crippen LogP) is 6.13. The third-order valence-corrected chi connectivity index (χ3v) is 9.69. The molecule has 0 saturated carbocycles. The van der Waals surface area contributed by atoms with Crippen molar-refractivity contribution >= 4 is 73.7 Å². The molecule has 0 aromatic heterocycles. The number of hydrogen-bond donors (Lipinski definition) is 0. The van der Waals surface area contributed by atoms with Gasteiger partial charge in [0.05, 0.1) is 23.3 Å². The zero-order valence-electron chi connectivity index (χ0n) is 11.6. The molecule has 1 rings (SSSR count). The molecule has 1 unspecified atom stereocenters. The maximum absolute atomic E-state index is 6.10. The van der Waals surface area contributed by atoms with Crippen molar-refractivity contribution in [1.82, 2.24) is 0 Å². The Morgan fingerprint density at radius 2 is 1.76 bits per heavy atom. The number of rotatable bonds is 8. The number of halogens is 2. The van der Waals surface area contributed by atoms with E-state index in [9.17, 15) is 0 Å². The number of benzene rings is 1. The molecule has 0 radical (unpaired) electrons. The van der Waals surface area contributed by atoms with Crippen molar-refractivity contribution in [2.24, 2.45) is 0 Å². The Labute approximate surface area is 163 Å². The normalized spacial score (nSPS) is 10.7. The SMILES string of the molecule is CCOP(=S)(OCC)SCSc1cc(Cl)ccc1Cl.P.[Ni]. The molecule has 0 spiro atoms. The van der Waals surface area contributed by atoms with E-state index in [2.05, 4.69) is 0 Å². The van der Waals surface area contributed by atoms with Gasteiger partial charge in [-0.3, -0.25) is 0 Å². The van der Waals surface area contributed by atoms with Crippen molar-refractivity contribution in [2.75, 3.05) is 18.3 Å². The van der Waals surface area contributed by atoms with E-state index in [1.54, 1.807) is 23.9 Å². The van der Waals surface area contributed by atoms with Crippen LogP contribution >= 0.6 is 61.9 Å². The summed E-state index contributed by atoms with van der Waals surface area (Å²) in [4.78, 5) is 0.941. The summed E-state index contributed by atoms with van der Waals surface area (Å²) in [6.45, 7) is 4.96. The van der Waals surface area contributed by atoms with Gasteiger partial charge in [-0.2, -0.15) is 9.90 Å². The molecular formula is C11H18Cl2NiO2P2S3. The molecule has 0 saturated heterocycles. The predicted molar refractivity (Wildman–Crippen MR) is 103 cm³/mol. The minimum atomic E-state index is -2.23. The Morgan fingerprint density at radius 3 is 2.29 bits per heavy atom. The molecule has 126 valence electrons. The van der Waals surface area contributed by atoms with Crippen LogP contribution in [-0.4, -0.2) is 18.3 Å². The molecule has 0 heterocycles. The fourth-order valence-corrected chi connectivity index (χ4v) is 8.71. The standard InChI is InChI=1S/C11H15Cl2O2PS3.Ni.H3P/c1-3-14-16(17,15-4-2)19-8-18-11-7-9(12)5-6-10(11)13;;/h5-7H,3-4,8H2,1-2H3;;1H3. The van der Waals surface area contributed by atoms with Gasteiger partial charge in [0, 0.05) is 26.4 Å². The van der Waals surface area contributed by atoms with E-state index in [4.69, 9.17) is 44.1 Å². The summed E-state index contributed by atoms with van der Waals surface area (Å²) in [5.41, 5.74) is -2.23. The van der Waals surface area contributed by atoms with Crippen molar-refractivity contribution in [3.05, 3.63) is 28.2 Å². The van der Waals surface area contributed by atoms with Gasteiger partial charge < -0.3 is 9.05 Å². The van der Waals surface area contributed by atoms with Gasteiger partial charge in [-0.25, -0.2) is 0 Å². The number of thioether (sulfide) groups is 1. The molecule has 2 nitrogen and oxygen atoms in total. The van der Waals surface area contributed by atoms with Crippen molar-refractivity contribution in [2.45, 2.75) is 18.7 Å². The smallest absolute Gasteiger partial charge is 0.248 e. The van der Waals surface area contributed by atoms with Gasteiger partial charge in [0.15, 0.2) is 0 Å². The fourth-order valence-electron chi connectivity index (χ4n) is 1.17. The van der Waals surface area contributed by atoms with Crippen LogP contribution in [0.3, 0.4) is 0 Å². The van der Waals surface area contributed by atoms with Crippen LogP contribution in [0, 0.1) is 0 Å². The zero-order valence-corrected chi connectivity index (χ0v) is 18.9. The van der Waals surface area contributed by atoms with Crippen molar-refractivity contribution in [3.8, 4) is 0 Å². The molecular weight excluding hydrogens is 452 g/mol. The van der Waals surface area contributed by atoms with Gasteiger partial charge in [0.2, 0.25) is 5.69 Å². The zero-order chi connectivity index (χ0) is 14.3. The molecule has 0 bridgehead atoms. The summed E-state index contributed by atoms with van der Waals surface area (Å²) in [7, 11) is 0. The minimum absolute atomic E-state index is 0. The van der Waals surface area contributed by atoms with Crippen molar-refractivity contribution < 1.29 is 25.5 Å². The first-order valence-electron chi connectivity index (χ1n) is 5.62. The average Bonchev–Trinajstić information content (AvgIpc) is 2.34. The van der Waals surface area contributed by atoms with Crippen LogP contribution in [0.4, 0.5) is 0 Å². The van der Waals surface area contributed by atoms with E-state index in [1.807, 2.05) is 19.9 Å². The molecule has 1 aromatic carbocycles. The Morgan fingerprint density at radius 1 is 1.19 bits per heavy atom.